The second kappa shape index (κ2) is 11.2. The van der Waals surface area contributed by atoms with Crippen LogP contribution in [0.5, 0.6) is 11.5 Å². The fourth-order valence-electron chi connectivity index (χ4n) is 2.58. The molecule has 0 aliphatic carbocycles. The molecule has 1 unspecified atom stereocenters. The molecule has 10 heteroatoms. The van der Waals surface area contributed by atoms with E-state index in [9.17, 15) is 19.8 Å². The summed E-state index contributed by atoms with van der Waals surface area (Å²) in [6, 6.07) is 4.55. The highest BCUT2D eigenvalue weighted by atomic mass is 32.1. The van der Waals surface area contributed by atoms with Gasteiger partial charge in [0, 0.05) is 24.4 Å². The van der Waals surface area contributed by atoms with Gasteiger partial charge in [-0.2, -0.15) is 0 Å². The summed E-state index contributed by atoms with van der Waals surface area (Å²) in [5.41, 5.74) is 1.34. The van der Waals surface area contributed by atoms with Crippen molar-refractivity contribution in [3.8, 4) is 11.5 Å². The smallest absolute Gasteiger partial charge is 0.321 e. The van der Waals surface area contributed by atoms with Gasteiger partial charge in [-0.05, 0) is 31.0 Å². The summed E-state index contributed by atoms with van der Waals surface area (Å²) in [7, 11) is 1.47. The lowest BCUT2D eigenvalue weighted by atomic mass is 9.99. The Labute approximate surface area is 172 Å². The van der Waals surface area contributed by atoms with Crippen molar-refractivity contribution in [3.63, 3.8) is 0 Å². The van der Waals surface area contributed by atoms with Crippen LogP contribution in [-0.4, -0.2) is 54.1 Å². The zero-order chi connectivity index (χ0) is 21.2. The van der Waals surface area contributed by atoms with E-state index in [0.717, 1.165) is 5.56 Å². The number of aliphatic hydroxyl groups is 1. The SMILES string of the molecule is CCOC(=O)Cc1csc(NC(=O)NCC(CO)Cc2ccc(OC)c(O)c2)n1. The van der Waals surface area contributed by atoms with Crippen molar-refractivity contribution in [3.05, 3.63) is 34.8 Å². The number of nitrogens with zero attached hydrogens (tertiary/aromatic N) is 1. The monoisotopic (exact) mass is 423 g/mol. The first-order valence-electron chi connectivity index (χ1n) is 9.06. The Balaban J connectivity index is 1.82. The number of carbonyl (C=O) groups excluding carboxylic acids is 2. The van der Waals surface area contributed by atoms with E-state index < -0.39 is 6.03 Å². The summed E-state index contributed by atoms with van der Waals surface area (Å²) < 4.78 is 9.87. The number of aliphatic hydroxyl groups excluding tert-OH is 1. The molecule has 4 N–H and O–H groups in total. The van der Waals surface area contributed by atoms with E-state index in [1.165, 1.54) is 18.4 Å². The first-order valence-corrected chi connectivity index (χ1v) is 9.94. The molecule has 2 amide bonds. The number of amides is 2. The van der Waals surface area contributed by atoms with Crippen molar-refractivity contribution in [2.45, 2.75) is 19.8 Å². The highest BCUT2D eigenvalue weighted by Crippen LogP contribution is 2.27. The third kappa shape index (κ3) is 7.24. The molecular weight excluding hydrogens is 398 g/mol. The molecule has 158 valence electrons. The van der Waals surface area contributed by atoms with E-state index in [-0.39, 0.29) is 37.2 Å². The molecule has 29 heavy (non-hydrogen) atoms. The van der Waals surface area contributed by atoms with Gasteiger partial charge in [-0.25, -0.2) is 9.78 Å². The number of thiazole rings is 1. The maximum Gasteiger partial charge on any atom is 0.321 e. The summed E-state index contributed by atoms with van der Waals surface area (Å²) in [6.07, 6.45) is 0.518. The van der Waals surface area contributed by atoms with Crippen molar-refractivity contribution < 1.29 is 29.3 Å². The predicted molar refractivity (Wildman–Crippen MR) is 108 cm³/mol. The van der Waals surface area contributed by atoms with Crippen molar-refractivity contribution in [1.29, 1.82) is 0 Å². The zero-order valence-electron chi connectivity index (χ0n) is 16.3. The van der Waals surface area contributed by atoms with E-state index in [1.54, 1.807) is 30.5 Å². The number of phenols is 1. The number of hydrogen-bond donors (Lipinski definition) is 4. The van der Waals surface area contributed by atoms with Crippen LogP contribution in [-0.2, 0) is 22.4 Å². The number of rotatable bonds is 10. The number of methoxy groups -OCH3 is 1. The Bertz CT molecular complexity index is 826. The molecule has 0 fully saturated rings. The minimum Gasteiger partial charge on any atom is -0.504 e. The van der Waals surface area contributed by atoms with Gasteiger partial charge in [0.05, 0.1) is 25.8 Å². The van der Waals surface area contributed by atoms with Gasteiger partial charge < -0.3 is 25.0 Å². The van der Waals surface area contributed by atoms with Crippen molar-refractivity contribution in [2.24, 2.45) is 5.92 Å². The molecule has 1 aromatic carbocycles. The van der Waals surface area contributed by atoms with E-state index in [2.05, 4.69) is 15.6 Å². The number of benzene rings is 1. The Morgan fingerprint density at radius 2 is 2.14 bits per heavy atom. The van der Waals surface area contributed by atoms with Crippen molar-refractivity contribution >= 4 is 28.5 Å². The summed E-state index contributed by atoms with van der Waals surface area (Å²) in [6.45, 7) is 2.14. The molecule has 0 radical (unpaired) electrons. The molecule has 0 spiro atoms. The number of aromatic hydroxyl groups is 1. The fourth-order valence-corrected chi connectivity index (χ4v) is 3.29. The van der Waals surface area contributed by atoms with Crippen LogP contribution in [0.1, 0.15) is 18.2 Å². The molecule has 1 heterocycles. The van der Waals surface area contributed by atoms with Crippen LogP contribution < -0.4 is 15.4 Å². The summed E-state index contributed by atoms with van der Waals surface area (Å²) in [5, 5.41) is 26.8. The van der Waals surface area contributed by atoms with E-state index in [4.69, 9.17) is 9.47 Å². The molecule has 1 aromatic heterocycles. The summed E-state index contributed by atoms with van der Waals surface area (Å²) in [5.74, 6) is -0.208. The molecule has 2 aromatic rings. The maximum absolute atomic E-state index is 12.1. The largest absolute Gasteiger partial charge is 0.504 e. The minimum absolute atomic E-state index is 0.0229. The van der Waals surface area contributed by atoms with Crippen LogP contribution in [0.3, 0.4) is 0 Å². The molecule has 1 atom stereocenters. The topological polar surface area (TPSA) is 130 Å². The standard InChI is InChI=1S/C19H25N3O6S/c1-3-28-17(25)8-14-11-29-19(21-14)22-18(26)20-9-13(10-23)6-12-4-5-16(27-2)15(24)7-12/h4-5,7,11,13,23-24H,3,6,8-10H2,1-2H3,(H2,20,21,22,26). The van der Waals surface area contributed by atoms with Gasteiger partial charge in [0.2, 0.25) is 0 Å². The molecular formula is C19H25N3O6S. The molecule has 0 aliphatic rings. The third-order valence-corrected chi connectivity index (χ3v) is 4.79. The van der Waals surface area contributed by atoms with Crippen LogP contribution in [0.2, 0.25) is 0 Å². The van der Waals surface area contributed by atoms with Crippen LogP contribution in [0, 0.1) is 5.92 Å². The Morgan fingerprint density at radius 1 is 1.34 bits per heavy atom. The molecule has 0 saturated carbocycles. The predicted octanol–water partition coefficient (Wildman–Crippen LogP) is 1.94. The molecule has 0 saturated heterocycles. The van der Waals surface area contributed by atoms with Gasteiger partial charge in [-0.3, -0.25) is 10.1 Å². The Kier molecular flexibility index (Phi) is 8.68. The lowest BCUT2D eigenvalue weighted by Crippen LogP contribution is -2.35. The van der Waals surface area contributed by atoms with Crippen molar-refractivity contribution in [1.82, 2.24) is 10.3 Å². The van der Waals surface area contributed by atoms with E-state index >= 15 is 0 Å². The van der Waals surface area contributed by atoms with Gasteiger partial charge in [0.1, 0.15) is 0 Å². The zero-order valence-corrected chi connectivity index (χ0v) is 17.1. The van der Waals surface area contributed by atoms with Gasteiger partial charge in [-0.1, -0.05) is 6.07 Å². The molecule has 0 bridgehead atoms. The van der Waals surface area contributed by atoms with Gasteiger partial charge >= 0.3 is 12.0 Å². The second-order valence-electron chi connectivity index (χ2n) is 6.22. The average molecular weight is 423 g/mol. The molecule has 2 rings (SSSR count). The van der Waals surface area contributed by atoms with E-state index in [1.807, 2.05) is 0 Å². The first-order chi connectivity index (χ1) is 13.9. The van der Waals surface area contributed by atoms with E-state index in [0.29, 0.717) is 29.6 Å². The number of aromatic nitrogens is 1. The number of anilines is 1. The van der Waals surface area contributed by atoms with Crippen LogP contribution >= 0.6 is 11.3 Å². The van der Waals surface area contributed by atoms with Crippen LogP contribution in [0.15, 0.2) is 23.6 Å². The number of hydrogen-bond acceptors (Lipinski definition) is 8. The van der Waals surface area contributed by atoms with Gasteiger partial charge in [0.15, 0.2) is 16.6 Å². The lowest BCUT2D eigenvalue weighted by molar-refractivity contribution is -0.142. The van der Waals surface area contributed by atoms with Crippen molar-refractivity contribution in [2.75, 3.05) is 32.2 Å². The van der Waals surface area contributed by atoms with Crippen LogP contribution in [0.25, 0.3) is 0 Å². The lowest BCUT2D eigenvalue weighted by Gasteiger charge is -2.16. The molecule has 9 nitrogen and oxygen atoms in total. The normalized spacial score (nSPS) is 11.6. The summed E-state index contributed by atoms with van der Waals surface area (Å²) in [4.78, 5) is 27.7. The fraction of sp³-hybridized carbons (Fsp3) is 0.421. The maximum atomic E-state index is 12.1. The second-order valence-corrected chi connectivity index (χ2v) is 7.08. The van der Waals surface area contributed by atoms with Gasteiger partial charge in [-0.15, -0.1) is 11.3 Å². The Morgan fingerprint density at radius 3 is 2.79 bits per heavy atom. The Hall–Kier alpha value is -2.85. The number of ether oxygens (including phenoxy) is 2. The summed E-state index contributed by atoms with van der Waals surface area (Å²) >= 11 is 1.21. The number of urea groups is 1. The highest BCUT2D eigenvalue weighted by molar-refractivity contribution is 7.13. The quantitative estimate of drug-likeness (QED) is 0.430. The first kappa shape index (κ1) is 22.4. The van der Waals surface area contributed by atoms with Gasteiger partial charge in [0.25, 0.3) is 0 Å². The number of carbonyl (C=O) groups is 2. The average Bonchev–Trinajstić information content (AvgIpc) is 3.11. The van der Waals surface area contributed by atoms with Crippen LogP contribution in [0.4, 0.5) is 9.93 Å². The third-order valence-electron chi connectivity index (χ3n) is 3.98. The number of phenolic OH excluding ortho intramolecular Hbond substituents is 1. The molecule has 0 aliphatic heterocycles. The number of esters is 1. The highest BCUT2D eigenvalue weighted by Gasteiger charge is 2.14. The number of nitrogens with one attached hydrogen (secondary N) is 2. The minimum atomic E-state index is -0.460.